The zero-order valence-electron chi connectivity index (χ0n) is 13.2. The van der Waals surface area contributed by atoms with Gasteiger partial charge in [-0.1, -0.05) is 42.6 Å². The summed E-state index contributed by atoms with van der Waals surface area (Å²) in [6, 6.07) is 7.47. The number of hydrogen-bond donors (Lipinski definition) is 1. The van der Waals surface area contributed by atoms with Crippen LogP contribution in [0.5, 0.6) is 0 Å². The molecule has 0 bridgehead atoms. The van der Waals surface area contributed by atoms with Crippen LogP contribution >= 0.6 is 11.6 Å². The minimum absolute atomic E-state index is 0.0351. The lowest BCUT2D eigenvalue weighted by molar-refractivity contribution is -0.137. The number of carbonyl (C=O) groups is 1. The summed E-state index contributed by atoms with van der Waals surface area (Å²) in [5, 5.41) is 9.97. The molecule has 4 nitrogen and oxygen atoms in total. The van der Waals surface area contributed by atoms with Crippen LogP contribution in [0.3, 0.4) is 0 Å². The molecular weight excluding hydrogens is 300 g/mol. The number of aliphatic hydroxyl groups excluding tert-OH is 1. The van der Waals surface area contributed by atoms with E-state index in [1.807, 2.05) is 31.3 Å². The van der Waals surface area contributed by atoms with Crippen molar-refractivity contribution in [2.24, 2.45) is 0 Å². The minimum atomic E-state index is -0.0865. The molecule has 1 aromatic carbocycles. The Labute approximate surface area is 137 Å². The number of nitrogens with zero attached hydrogens (tertiary/aromatic N) is 2. The van der Waals surface area contributed by atoms with Gasteiger partial charge in [0.2, 0.25) is 5.91 Å². The van der Waals surface area contributed by atoms with Crippen LogP contribution in [-0.4, -0.2) is 53.6 Å². The third kappa shape index (κ3) is 4.45. The monoisotopic (exact) mass is 324 g/mol. The van der Waals surface area contributed by atoms with Crippen molar-refractivity contribution in [2.45, 2.75) is 38.3 Å². The standard InChI is InChI=1S/C17H25ClN2O2/c1-19-10-6-2-3-9-16(19)17(22)20(11-12-21)13-14-7-4-5-8-15(14)18/h4-5,7-8,16,21H,2-3,6,9-13H2,1H3/t16-/m1/s1. The fourth-order valence-electron chi connectivity index (χ4n) is 2.99. The number of carbonyl (C=O) groups excluding carboxylic acids is 1. The van der Waals surface area contributed by atoms with Gasteiger partial charge in [-0.25, -0.2) is 0 Å². The lowest BCUT2D eigenvalue weighted by Gasteiger charge is -2.31. The third-order valence-corrected chi connectivity index (χ3v) is 4.67. The van der Waals surface area contributed by atoms with Gasteiger partial charge in [0, 0.05) is 18.1 Å². The second kappa shape index (κ2) is 8.51. The molecule has 0 saturated carbocycles. The zero-order valence-corrected chi connectivity index (χ0v) is 13.9. The highest BCUT2D eigenvalue weighted by Crippen LogP contribution is 2.21. The summed E-state index contributed by atoms with van der Waals surface area (Å²) in [6.07, 6.45) is 4.29. The first-order valence-electron chi connectivity index (χ1n) is 7.96. The van der Waals surface area contributed by atoms with Crippen LogP contribution in [0.1, 0.15) is 31.2 Å². The van der Waals surface area contributed by atoms with E-state index < -0.39 is 0 Å². The highest BCUT2D eigenvalue weighted by molar-refractivity contribution is 6.31. The Kier molecular flexibility index (Phi) is 6.68. The average molecular weight is 325 g/mol. The average Bonchev–Trinajstić information content (AvgIpc) is 2.73. The van der Waals surface area contributed by atoms with Gasteiger partial charge in [0.15, 0.2) is 0 Å². The number of amides is 1. The van der Waals surface area contributed by atoms with Crippen LogP contribution in [0.25, 0.3) is 0 Å². The lowest BCUT2D eigenvalue weighted by atomic mass is 10.1. The van der Waals surface area contributed by atoms with E-state index in [0.717, 1.165) is 31.4 Å². The number of halogens is 1. The van der Waals surface area contributed by atoms with E-state index in [9.17, 15) is 9.90 Å². The summed E-state index contributed by atoms with van der Waals surface area (Å²) in [5.41, 5.74) is 0.919. The topological polar surface area (TPSA) is 43.8 Å². The van der Waals surface area contributed by atoms with Crippen LogP contribution in [0.2, 0.25) is 5.02 Å². The number of aliphatic hydroxyl groups is 1. The predicted molar refractivity (Wildman–Crippen MR) is 88.8 cm³/mol. The van der Waals surface area contributed by atoms with Gasteiger partial charge in [0.1, 0.15) is 0 Å². The maximum Gasteiger partial charge on any atom is 0.240 e. The summed E-state index contributed by atoms with van der Waals surface area (Å²) in [5.74, 6) is 0.0957. The van der Waals surface area contributed by atoms with Crippen LogP contribution in [0.15, 0.2) is 24.3 Å². The van der Waals surface area contributed by atoms with E-state index in [-0.39, 0.29) is 18.6 Å². The minimum Gasteiger partial charge on any atom is -0.395 e. The molecule has 0 radical (unpaired) electrons. The Hall–Kier alpha value is -1.10. The summed E-state index contributed by atoms with van der Waals surface area (Å²) < 4.78 is 0. The summed E-state index contributed by atoms with van der Waals surface area (Å²) in [7, 11) is 2.01. The molecule has 1 N–H and O–H groups in total. The Morgan fingerprint density at radius 2 is 2.14 bits per heavy atom. The van der Waals surface area contributed by atoms with Crippen molar-refractivity contribution in [1.29, 1.82) is 0 Å². The number of likely N-dealkylation sites (N-methyl/N-ethyl adjacent to an activating group) is 1. The molecule has 0 aromatic heterocycles. The van der Waals surface area contributed by atoms with Crippen LogP contribution in [0.4, 0.5) is 0 Å². The van der Waals surface area contributed by atoms with Crippen molar-refractivity contribution >= 4 is 17.5 Å². The van der Waals surface area contributed by atoms with Gasteiger partial charge in [-0.3, -0.25) is 9.69 Å². The quantitative estimate of drug-likeness (QED) is 0.905. The molecule has 0 unspecified atom stereocenters. The molecular formula is C17H25ClN2O2. The molecule has 5 heteroatoms. The van der Waals surface area contributed by atoms with E-state index in [0.29, 0.717) is 18.1 Å². The molecule has 0 spiro atoms. The van der Waals surface area contributed by atoms with Crippen molar-refractivity contribution in [3.8, 4) is 0 Å². The van der Waals surface area contributed by atoms with Gasteiger partial charge in [-0.15, -0.1) is 0 Å². The molecule has 1 aliphatic rings. The molecule has 1 atom stereocenters. The Morgan fingerprint density at radius 3 is 2.86 bits per heavy atom. The molecule has 1 aromatic rings. The number of benzene rings is 1. The smallest absolute Gasteiger partial charge is 0.240 e. The number of hydrogen-bond acceptors (Lipinski definition) is 3. The van der Waals surface area contributed by atoms with Crippen LogP contribution in [-0.2, 0) is 11.3 Å². The van der Waals surface area contributed by atoms with Gasteiger partial charge in [-0.05, 0) is 38.1 Å². The number of rotatable bonds is 5. The van der Waals surface area contributed by atoms with Gasteiger partial charge >= 0.3 is 0 Å². The molecule has 0 aliphatic carbocycles. The van der Waals surface area contributed by atoms with E-state index in [1.165, 1.54) is 6.42 Å². The first-order chi connectivity index (χ1) is 10.6. The molecule has 1 heterocycles. The van der Waals surface area contributed by atoms with Gasteiger partial charge in [-0.2, -0.15) is 0 Å². The summed E-state index contributed by atoms with van der Waals surface area (Å²) in [4.78, 5) is 16.8. The van der Waals surface area contributed by atoms with E-state index in [4.69, 9.17) is 11.6 Å². The Bertz CT molecular complexity index is 495. The first kappa shape index (κ1) is 17.3. The number of likely N-dealkylation sites (tertiary alicyclic amines) is 1. The summed E-state index contributed by atoms with van der Waals surface area (Å²) >= 11 is 6.20. The molecule has 1 saturated heterocycles. The van der Waals surface area contributed by atoms with Crippen molar-refractivity contribution in [2.75, 3.05) is 26.7 Å². The van der Waals surface area contributed by atoms with Crippen molar-refractivity contribution in [3.63, 3.8) is 0 Å². The molecule has 1 aliphatic heterocycles. The molecule has 2 rings (SSSR count). The first-order valence-corrected chi connectivity index (χ1v) is 8.34. The fraction of sp³-hybridized carbons (Fsp3) is 0.588. The van der Waals surface area contributed by atoms with Gasteiger partial charge in [0.25, 0.3) is 0 Å². The van der Waals surface area contributed by atoms with Crippen molar-refractivity contribution in [1.82, 2.24) is 9.80 Å². The Morgan fingerprint density at radius 1 is 1.36 bits per heavy atom. The van der Waals surface area contributed by atoms with E-state index >= 15 is 0 Å². The maximum atomic E-state index is 12.9. The molecule has 22 heavy (non-hydrogen) atoms. The lowest BCUT2D eigenvalue weighted by Crippen LogP contribution is -2.47. The molecule has 1 fully saturated rings. The predicted octanol–water partition coefficient (Wildman–Crippen LogP) is 2.54. The summed E-state index contributed by atoms with van der Waals surface area (Å²) in [6.45, 7) is 1.71. The Balaban J connectivity index is 2.12. The zero-order chi connectivity index (χ0) is 15.9. The van der Waals surface area contributed by atoms with Crippen molar-refractivity contribution in [3.05, 3.63) is 34.9 Å². The second-order valence-corrected chi connectivity index (χ2v) is 6.33. The van der Waals surface area contributed by atoms with Gasteiger partial charge in [0.05, 0.1) is 12.6 Å². The van der Waals surface area contributed by atoms with Crippen LogP contribution < -0.4 is 0 Å². The fourth-order valence-corrected chi connectivity index (χ4v) is 3.19. The second-order valence-electron chi connectivity index (χ2n) is 5.92. The van der Waals surface area contributed by atoms with Crippen LogP contribution in [0, 0.1) is 0 Å². The highest BCUT2D eigenvalue weighted by atomic mass is 35.5. The SMILES string of the molecule is CN1CCCCC[C@@H]1C(=O)N(CCO)Cc1ccccc1Cl. The van der Waals surface area contributed by atoms with Gasteiger partial charge < -0.3 is 10.0 Å². The van der Waals surface area contributed by atoms with E-state index in [1.54, 1.807) is 4.90 Å². The third-order valence-electron chi connectivity index (χ3n) is 4.31. The maximum absolute atomic E-state index is 12.9. The molecule has 1 amide bonds. The largest absolute Gasteiger partial charge is 0.395 e. The highest BCUT2D eigenvalue weighted by Gasteiger charge is 2.28. The normalized spacial score (nSPS) is 19.7. The van der Waals surface area contributed by atoms with E-state index in [2.05, 4.69) is 4.90 Å². The van der Waals surface area contributed by atoms with Crippen molar-refractivity contribution < 1.29 is 9.90 Å². The molecule has 122 valence electrons.